The van der Waals surface area contributed by atoms with E-state index in [-0.39, 0.29) is 12.1 Å². The Bertz CT molecular complexity index is 518. The van der Waals surface area contributed by atoms with E-state index in [1.807, 2.05) is 33.2 Å². The van der Waals surface area contributed by atoms with Gasteiger partial charge in [0.05, 0.1) is 6.20 Å². The van der Waals surface area contributed by atoms with Gasteiger partial charge in [0.15, 0.2) is 0 Å². The number of piperidine rings is 1. The summed E-state index contributed by atoms with van der Waals surface area (Å²) in [5.74, 6) is 0. The van der Waals surface area contributed by atoms with Crippen molar-refractivity contribution in [3.8, 4) is 0 Å². The Balaban J connectivity index is 1.82. The van der Waals surface area contributed by atoms with Crippen molar-refractivity contribution in [3.05, 3.63) is 24.5 Å². The largest absolute Gasteiger partial charge is 0.444 e. The molecule has 0 aliphatic carbocycles. The zero-order chi connectivity index (χ0) is 16.2. The quantitative estimate of drug-likeness (QED) is 0.928. The van der Waals surface area contributed by atoms with Crippen LogP contribution in [-0.4, -0.2) is 45.5 Å². The molecule has 22 heavy (non-hydrogen) atoms. The fourth-order valence-corrected chi connectivity index (χ4v) is 2.47. The summed E-state index contributed by atoms with van der Waals surface area (Å²) in [7, 11) is 0. The lowest BCUT2D eigenvalue weighted by molar-refractivity contribution is 0.0187. The normalized spacial score (nSPS) is 19.0. The Morgan fingerprint density at radius 3 is 3.00 bits per heavy atom. The molecule has 1 amide bonds. The van der Waals surface area contributed by atoms with Crippen LogP contribution in [0, 0.1) is 0 Å². The number of aromatic nitrogens is 2. The minimum atomic E-state index is -0.448. The van der Waals surface area contributed by atoms with Crippen molar-refractivity contribution in [2.75, 3.05) is 13.1 Å². The smallest absolute Gasteiger partial charge is 0.410 e. The molecule has 1 saturated heterocycles. The van der Waals surface area contributed by atoms with Crippen molar-refractivity contribution in [2.24, 2.45) is 0 Å². The molecule has 2 rings (SSSR count). The molecule has 1 fully saturated rings. The van der Waals surface area contributed by atoms with E-state index in [1.165, 1.54) is 0 Å². The van der Waals surface area contributed by atoms with Crippen LogP contribution in [-0.2, 0) is 11.3 Å². The molecule has 1 aliphatic heterocycles. The molecule has 1 aromatic rings. The van der Waals surface area contributed by atoms with Gasteiger partial charge in [-0.15, -0.1) is 0 Å². The zero-order valence-corrected chi connectivity index (χ0v) is 13.7. The van der Waals surface area contributed by atoms with Gasteiger partial charge in [0.2, 0.25) is 0 Å². The number of rotatable bonds is 4. The molecule has 0 radical (unpaired) electrons. The Morgan fingerprint density at radius 2 is 2.36 bits per heavy atom. The zero-order valence-electron chi connectivity index (χ0n) is 13.7. The maximum absolute atomic E-state index is 12.1. The average molecular weight is 306 g/mol. The first-order chi connectivity index (χ1) is 10.4. The number of ether oxygens (including phenoxy) is 1. The summed E-state index contributed by atoms with van der Waals surface area (Å²) in [6, 6.07) is 0.286. The third-order valence-corrected chi connectivity index (χ3v) is 3.51. The molecule has 122 valence electrons. The van der Waals surface area contributed by atoms with E-state index < -0.39 is 5.60 Å². The first-order valence-electron chi connectivity index (χ1n) is 7.74. The van der Waals surface area contributed by atoms with E-state index in [4.69, 9.17) is 4.74 Å². The van der Waals surface area contributed by atoms with E-state index >= 15 is 0 Å². The molecule has 0 aromatic carbocycles. The second-order valence-electron chi connectivity index (χ2n) is 6.66. The van der Waals surface area contributed by atoms with Crippen LogP contribution in [0.3, 0.4) is 0 Å². The molecule has 6 heteroatoms. The van der Waals surface area contributed by atoms with Gasteiger partial charge >= 0.3 is 6.09 Å². The monoisotopic (exact) mass is 306 g/mol. The van der Waals surface area contributed by atoms with Crippen LogP contribution in [0.15, 0.2) is 19.0 Å². The Kier molecular flexibility index (Phi) is 5.24. The van der Waals surface area contributed by atoms with E-state index in [0.29, 0.717) is 6.54 Å². The fourth-order valence-electron chi connectivity index (χ4n) is 2.47. The van der Waals surface area contributed by atoms with Crippen LogP contribution in [0.1, 0.15) is 39.2 Å². The molecule has 2 heterocycles. The lowest BCUT2D eigenvalue weighted by Crippen LogP contribution is -2.49. The van der Waals surface area contributed by atoms with Crippen molar-refractivity contribution in [3.63, 3.8) is 0 Å². The van der Waals surface area contributed by atoms with E-state index in [9.17, 15) is 4.79 Å². The summed E-state index contributed by atoms with van der Waals surface area (Å²) in [5, 5.41) is 7.64. The van der Waals surface area contributed by atoms with Crippen LogP contribution >= 0.6 is 0 Å². The second-order valence-corrected chi connectivity index (χ2v) is 6.66. The first kappa shape index (κ1) is 16.5. The standard InChI is InChI=1S/C16H26N4O2/c1-5-20-11-13(10-18-20)9-17-14-7-6-8-19(12-14)15(21)22-16(2,3)4/h5,10-11,14,17H,1,6-9,12H2,2-4H3. The highest BCUT2D eigenvalue weighted by Crippen LogP contribution is 2.15. The number of nitrogens with one attached hydrogen (secondary N) is 1. The summed E-state index contributed by atoms with van der Waals surface area (Å²) in [6.45, 7) is 11.5. The molecule has 1 aromatic heterocycles. The van der Waals surface area contributed by atoms with Gasteiger partial charge in [-0.1, -0.05) is 6.58 Å². The highest BCUT2D eigenvalue weighted by atomic mass is 16.6. The molecule has 6 nitrogen and oxygen atoms in total. The van der Waals surface area contributed by atoms with Crippen LogP contribution in [0.4, 0.5) is 4.79 Å². The average Bonchev–Trinajstić information content (AvgIpc) is 2.92. The van der Waals surface area contributed by atoms with Gasteiger partial charge in [-0.2, -0.15) is 5.10 Å². The summed E-state index contributed by atoms with van der Waals surface area (Å²) >= 11 is 0. The Morgan fingerprint density at radius 1 is 1.59 bits per heavy atom. The summed E-state index contributed by atoms with van der Waals surface area (Å²) in [4.78, 5) is 13.9. The number of nitrogens with zero attached hydrogens (tertiary/aromatic N) is 3. The minimum Gasteiger partial charge on any atom is -0.444 e. The van der Waals surface area contributed by atoms with Gasteiger partial charge in [-0.05, 0) is 33.6 Å². The predicted molar refractivity (Wildman–Crippen MR) is 86.3 cm³/mol. The highest BCUT2D eigenvalue weighted by molar-refractivity contribution is 5.68. The van der Waals surface area contributed by atoms with Crippen molar-refractivity contribution < 1.29 is 9.53 Å². The second kappa shape index (κ2) is 6.96. The molecular weight excluding hydrogens is 280 g/mol. The fraction of sp³-hybridized carbons (Fsp3) is 0.625. The highest BCUT2D eigenvalue weighted by Gasteiger charge is 2.27. The molecule has 1 unspecified atom stereocenters. The van der Waals surface area contributed by atoms with Gasteiger partial charge in [0.25, 0.3) is 0 Å². The van der Waals surface area contributed by atoms with Gasteiger partial charge in [-0.3, -0.25) is 0 Å². The van der Waals surface area contributed by atoms with E-state index in [0.717, 1.165) is 31.5 Å². The minimum absolute atomic E-state index is 0.224. The van der Waals surface area contributed by atoms with Gasteiger partial charge < -0.3 is 15.0 Å². The number of hydrogen-bond donors (Lipinski definition) is 1. The third-order valence-electron chi connectivity index (χ3n) is 3.51. The number of carbonyl (C=O) groups excluding carboxylic acids is 1. The molecular formula is C16H26N4O2. The van der Waals surface area contributed by atoms with E-state index in [1.54, 1.807) is 15.8 Å². The Hall–Kier alpha value is -1.82. The number of carbonyl (C=O) groups is 1. The van der Waals surface area contributed by atoms with Crippen LogP contribution < -0.4 is 5.32 Å². The Labute approximate surface area is 132 Å². The van der Waals surface area contributed by atoms with Crippen molar-refractivity contribution >= 4 is 12.3 Å². The van der Waals surface area contributed by atoms with Crippen LogP contribution in [0.5, 0.6) is 0 Å². The summed E-state index contributed by atoms with van der Waals surface area (Å²) in [6.07, 6.45) is 7.25. The lowest BCUT2D eigenvalue weighted by Gasteiger charge is -2.34. The first-order valence-corrected chi connectivity index (χ1v) is 7.74. The van der Waals surface area contributed by atoms with Crippen LogP contribution in [0.2, 0.25) is 0 Å². The molecule has 0 spiro atoms. The SMILES string of the molecule is C=Cn1cc(CNC2CCCN(C(=O)OC(C)(C)C)C2)cn1. The lowest BCUT2D eigenvalue weighted by atomic mass is 10.1. The van der Waals surface area contributed by atoms with E-state index in [2.05, 4.69) is 17.0 Å². The maximum atomic E-state index is 12.1. The molecule has 0 saturated carbocycles. The predicted octanol–water partition coefficient (Wildman–Crippen LogP) is 2.47. The molecule has 0 bridgehead atoms. The topological polar surface area (TPSA) is 59.4 Å². The van der Waals surface area contributed by atoms with Gasteiger partial charge in [0.1, 0.15) is 5.60 Å². The summed E-state index contributed by atoms with van der Waals surface area (Å²) < 4.78 is 7.13. The van der Waals surface area contributed by atoms with Crippen LogP contribution in [0.25, 0.3) is 6.20 Å². The maximum Gasteiger partial charge on any atom is 0.410 e. The van der Waals surface area contributed by atoms with Crippen molar-refractivity contribution in [1.29, 1.82) is 0 Å². The molecule has 1 N–H and O–H groups in total. The van der Waals surface area contributed by atoms with Gasteiger partial charge in [-0.25, -0.2) is 9.48 Å². The molecule has 1 aliphatic rings. The van der Waals surface area contributed by atoms with Crippen molar-refractivity contribution in [1.82, 2.24) is 20.0 Å². The molecule has 1 atom stereocenters. The van der Waals surface area contributed by atoms with Crippen molar-refractivity contribution in [2.45, 2.75) is 51.8 Å². The third kappa shape index (κ3) is 4.87. The number of amides is 1. The number of hydrogen-bond acceptors (Lipinski definition) is 4. The summed E-state index contributed by atoms with van der Waals surface area (Å²) in [5.41, 5.74) is 0.658. The number of likely N-dealkylation sites (tertiary alicyclic amines) is 1. The van der Waals surface area contributed by atoms with Gasteiger partial charge in [0, 0.05) is 43.6 Å².